The van der Waals surface area contributed by atoms with E-state index in [0.717, 1.165) is 24.5 Å². The monoisotopic (exact) mass is 343 g/mol. The number of nitrogens with one attached hydrogen (secondary N) is 1. The Morgan fingerprint density at radius 3 is 2.78 bits per heavy atom. The predicted molar refractivity (Wildman–Crippen MR) is 100 cm³/mol. The molecule has 1 aliphatic rings. The van der Waals surface area contributed by atoms with Crippen LogP contribution >= 0.6 is 23.5 Å². The Bertz CT molecular complexity index is 644. The summed E-state index contributed by atoms with van der Waals surface area (Å²) in [5.74, 6) is 2.12. The molecule has 1 aliphatic heterocycles. The lowest BCUT2D eigenvalue weighted by molar-refractivity contribution is -0.120. The lowest BCUT2D eigenvalue weighted by Crippen LogP contribution is -2.33. The van der Waals surface area contributed by atoms with Gasteiger partial charge in [0.2, 0.25) is 5.91 Å². The number of rotatable bonds is 6. The van der Waals surface area contributed by atoms with Crippen LogP contribution in [0, 0.1) is 6.92 Å². The molecule has 1 atom stereocenters. The van der Waals surface area contributed by atoms with Crippen molar-refractivity contribution >= 4 is 29.4 Å². The molecule has 0 aromatic heterocycles. The molecule has 2 aromatic rings. The van der Waals surface area contributed by atoms with Gasteiger partial charge in [0.05, 0.1) is 5.25 Å². The van der Waals surface area contributed by atoms with E-state index in [1.54, 1.807) is 11.8 Å². The highest BCUT2D eigenvalue weighted by atomic mass is 32.2. The minimum atomic E-state index is 0.0366. The van der Waals surface area contributed by atoms with Gasteiger partial charge in [-0.2, -0.15) is 11.8 Å². The Kier molecular flexibility index (Phi) is 5.68. The zero-order chi connectivity index (χ0) is 16.1. The van der Waals surface area contributed by atoms with Gasteiger partial charge in [-0.05, 0) is 30.5 Å². The molecule has 0 spiro atoms. The van der Waals surface area contributed by atoms with Crippen LogP contribution in [0.5, 0.6) is 0 Å². The Morgan fingerprint density at radius 2 is 2.00 bits per heavy atom. The van der Waals surface area contributed by atoms with E-state index in [4.69, 9.17) is 0 Å². The van der Waals surface area contributed by atoms with Gasteiger partial charge in [-0.3, -0.25) is 4.79 Å². The average Bonchev–Trinajstić information content (AvgIpc) is 3.00. The first-order valence-electron chi connectivity index (χ1n) is 7.88. The van der Waals surface area contributed by atoms with Gasteiger partial charge in [0.25, 0.3) is 0 Å². The minimum absolute atomic E-state index is 0.0366. The molecule has 1 N–H and O–H groups in total. The van der Waals surface area contributed by atoms with E-state index in [1.165, 1.54) is 21.6 Å². The van der Waals surface area contributed by atoms with E-state index in [1.807, 2.05) is 23.9 Å². The first kappa shape index (κ1) is 16.5. The maximum atomic E-state index is 12.2. The van der Waals surface area contributed by atoms with Crippen molar-refractivity contribution < 1.29 is 4.79 Å². The lowest BCUT2D eigenvalue weighted by atomic mass is 10.1. The molecule has 0 fully saturated rings. The molecule has 4 heteroatoms. The SMILES string of the molecule is Cc1ccc(CSCCNC(=O)[C@@H]2Cc3ccccc3S2)cc1. The van der Waals surface area contributed by atoms with Crippen LogP contribution in [0.3, 0.4) is 0 Å². The van der Waals surface area contributed by atoms with Crippen LogP contribution in [0.15, 0.2) is 53.4 Å². The van der Waals surface area contributed by atoms with Crippen molar-refractivity contribution in [3.63, 3.8) is 0 Å². The predicted octanol–water partition coefficient (Wildman–Crippen LogP) is 4.06. The molecule has 2 nitrogen and oxygen atoms in total. The standard InChI is InChI=1S/C19H21NOS2/c1-14-6-8-15(9-7-14)13-22-11-10-20-19(21)18-12-16-4-2-3-5-17(16)23-18/h2-9,18H,10-13H2,1H3,(H,20,21)/t18-/m0/s1. The fourth-order valence-electron chi connectivity index (χ4n) is 2.56. The second-order valence-electron chi connectivity index (χ2n) is 5.75. The molecule has 1 amide bonds. The maximum Gasteiger partial charge on any atom is 0.233 e. The van der Waals surface area contributed by atoms with Crippen molar-refractivity contribution in [3.8, 4) is 0 Å². The third-order valence-electron chi connectivity index (χ3n) is 3.87. The number of carbonyl (C=O) groups excluding carboxylic acids is 1. The molecular formula is C19H21NOS2. The molecule has 0 saturated carbocycles. The van der Waals surface area contributed by atoms with Crippen molar-refractivity contribution in [2.24, 2.45) is 0 Å². The Hall–Kier alpha value is -1.39. The number of hydrogen-bond acceptors (Lipinski definition) is 3. The quantitative estimate of drug-likeness (QED) is 0.802. The van der Waals surface area contributed by atoms with Crippen LogP contribution in [-0.4, -0.2) is 23.5 Å². The topological polar surface area (TPSA) is 29.1 Å². The first-order valence-corrected chi connectivity index (χ1v) is 9.91. The first-order chi connectivity index (χ1) is 11.2. The fraction of sp³-hybridized carbons (Fsp3) is 0.316. The molecule has 23 heavy (non-hydrogen) atoms. The van der Waals surface area contributed by atoms with Gasteiger partial charge in [-0.15, -0.1) is 11.8 Å². The van der Waals surface area contributed by atoms with Crippen molar-refractivity contribution in [1.29, 1.82) is 0 Å². The van der Waals surface area contributed by atoms with Crippen molar-refractivity contribution in [1.82, 2.24) is 5.32 Å². The summed E-state index contributed by atoms with van der Waals surface area (Å²) in [5, 5.41) is 3.11. The normalized spacial score (nSPS) is 16.1. The summed E-state index contributed by atoms with van der Waals surface area (Å²) in [6.07, 6.45) is 0.850. The second-order valence-corrected chi connectivity index (χ2v) is 8.10. The molecule has 3 rings (SSSR count). The Balaban J connectivity index is 1.35. The summed E-state index contributed by atoms with van der Waals surface area (Å²) in [7, 11) is 0. The summed E-state index contributed by atoms with van der Waals surface area (Å²) >= 11 is 3.55. The van der Waals surface area contributed by atoms with Gasteiger partial charge in [0.1, 0.15) is 0 Å². The summed E-state index contributed by atoms with van der Waals surface area (Å²) in [4.78, 5) is 13.5. The smallest absolute Gasteiger partial charge is 0.233 e. The highest BCUT2D eigenvalue weighted by Gasteiger charge is 2.27. The second kappa shape index (κ2) is 7.93. The average molecular weight is 344 g/mol. The van der Waals surface area contributed by atoms with Crippen LogP contribution in [0.25, 0.3) is 0 Å². The molecule has 0 bridgehead atoms. The third kappa shape index (κ3) is 4.55. The number of fused-ring (bicyclic) bond motifs is 1. The van der Waals surface area contributed by atoms with E-state index in [0.29, 0.717) is 0 Å². The largest absolute Gasteiger partial charge is 0.354 e. The number of aryl methyl sites for hydroxylation is 1. The minimum Gasteiger partial charge on any atom is -0.354 e. The number of carbonyl (C=O) groups is 1. The van der Waals surface area contributed by atoms with Gasteiger partial charge in [-0.1, -0.05) is 48.0 Å². The van der Waals surface area contributed by atoms with Crippen LogP contribution < -0.4 is 5.32 Å². The zero-order valence-electron chi connectivity index (χ0n) is 13.2. The molecule has 2 aromatic carbocycles. The summed E-state index contributed by atoms with van der Waals surface area (Å²) in [6, 6.07) is 16.9. The molecule has 0 saturated heterocycles. The van der Waals surface area contributed by atoms with E-state index in [-0.39, 0.29) is 11.2 Å². The van der Waals surface area contributed by atoms with E-state index in [9.17, 15) is 4.79 Å². The number of hydrogen-bond donors (Lipinski definition) is 1. The molecular weight excluding hydrogens is 322 g/mol. The van der Waals surface area contributed by atoms with Crippen LogP contribution in [0.2, 0.25) is 0 Å². The Labute approximate surface area is 146 Å². The summed E-state index contributed by atoms with van der Waals surface area (Å²) < 4.78 is 0. The van der Waals surface area contributed by atoms with Gasteiger partial charge in [-0.25, -0.2) is 0 Å². The Morgan fingerprint density at radius 1 is 1.22 bits per heavy atom. The maximum absolute atomic E-state index is 12.2. The number of amides is 1. The molecule has 1 heterocycles. The molecule has 120 valence electrons. The third-order valence-corrected chi connectivity index (χ3v) is 6.22. The lowest BCUT2D eigenvalue weighted by Gasteiger charge is -2.09. The van der Waals surface area contributed by atoms with E-state index in [2.05, 4.69) is 48.6 Å². The molecule has 0 unspecified atom stereocenters. The van der Waals surface area contributed by atoms with E-state index >= 15 is 0 Å². The van der Waals surface area contributed by atoms with Crippen molar-refractivity contribution in [2.75, 3.05) is 12.3 Å². The zero-order valence-corrected chi connectivity index (χ0v) is 14.9. The summed E-state index contributed by atoms with van der Waals surface area (Å²) in [5.41, 5.74) is 3.93. The van der Waals surface area contributed by atoms with Gasteiger partial charge >= 0.3 is 0 Å². The number of benzene rings is 2. The molecule has 0 aliphatic carbocycles. The number of thioether (sulfide) groups is 2. The van der Waals surface area contributed by atoms with Crippen LogP contribution in [-0.2, 0) is 17.0 Å². The highest BCUT2D eigenvalue weighted by Crippen LogP contribution is 2.36. The highest BCUT2D eigenvalue weighted by molar-refractivity contribution is 8.01. The van der Waals surface area contributed by atoms with Crippen LogP contribution in [0.4, 0.5) is 0 Å². The summed E-state index contributed by atoms with van der Waals surface area (Å²) in [6.45, 7) is 2.84. The van der Waals surface area contributed by atoms with Gasteiger partial charge in [0.15, 0.2) is 0 Å². The van der Waals surface area contributed by atoms with E-state index < -0.39 is 0 Å². The van der Waals surface area contributed by atoms with Gasteiger partial charge in [0, 0.05) is 22.9 Å². The van der Waals surface area contributed by atoms with Crippen LogP contribution in [0.1, 0.15) is 16.7 Å². The van der Waals surface area contributed by atoms with Crippen molar-refractivity contribution in [3.05, 3.63) is 65.2 Å². The fourth-order valence-corrected chi connectivity index (χ4v) is 4.60. The molecule has 0 radical (unpaired) electrons. The van der Waals surface area contributed by atoms with Crippen molar-refractivity contribution in [2.45, 2.75) is 29.2 Å². The van der Waals surface area contributed by atoms with Gasteiger partial charge < -0.3 is 5.32 Å².